The lowest BCUT2D eigenvalue weighted by Crippen LogP contribution is -2.25. The van der Waals surface area contributed by atoms with Gasteiger partial charge >= 0.3 is 0 Å². The van der Waals surface area contributed by atoms with E-state index in [1.54, 1.807) is 12.1 Å². The third-order valence-electron chi connectivity index (χ3n) is 2.15. The minimum Gasteiger partial charge on any atom is -0.348 e. The Morgan fingerprint density at radius 1 is 1.50 bits per heavy atom. The summed E-state index contributed by atoms with van der Waals surface area (Å²) >= 11 is 5.35. The Labute approximate surface area is 107 Å². The first-order valence-electron chi connectivity index (χ1n) is 5.06. The van der Waals surface area contributed by atoms with Crippen molar-refractivity contribution >= 4 is 17.5 Å². The molecule has 94 valence electrons. The summed E-state index contributed by atoms with van der Waals surface area (Å²) in [5.74, 6) is -0.468. The summed E-state index contributed by atoms with van der Waals surface area (Å²) in [5.41, 5.74) is 0.482. The SMILES string of the molecule is O=C(CCl)NCc1nnnn1-c1cccc(F)c1. The summed E-state index contributed by atoms with van der Waals surface area (Å²) in [7, 11) is 0. The van der Waals surface area contributed by atoms with E-state index in [4.69, 9.17) is 11.6 Å². The maximum Gasteiger partial charge on any atom is 0.235 e. The smallest absolute Gasteiger partial charge is 0.235 e. The van der Waals surface area contributed by atoms with Crippen molar-refractivity contribution in [2.45, 2.75) is 6.54 Å². The minimum atomic E-state index is -0.390. The van der Waals surface area contributed by atoms with Gasteiger partial charge in [0.1, 0.15) is 11.7 Å². The van der Waals surface area contributed by atoms with Gasteiger partial charge in [0.25, 0.3) is 0 Å². The molecule has 0 aliphatic carbocycles. The standard InChI is InChI=1S/C10H9ClFN5O/c11-5-10(18)13-6-9-14-15-16-17(9)8-3-1-2-7(12)4-8/h1-4H,5-6H2,(H,13,18). The number of hydrogen-bond acceptors (Lipinski definition) is 4. The molecule has 2 rings (SSSR count). The van der Waals surface area contributed by atoms with Gasteiger partial charge in [-0.05, 0) is 28.6 Å². The summed E-state index contributed by atoms with van der Waals surface area (Å²) in [6.45, 7) is 0.120. The van der Waals surface area contributed by atoms with Crippen LogP contribution in [-0.2, 0) is 11.3 Å². The fraction of sp³-hybridized carbons (Fsp3) is 0.200. The van der Waals surface area contributed by atoms with Crippen molar-refractivity contribution in [1.82, 2.24) is 25.5 Å². The number of hydrogen-bond donors (Lipinski definition) is 1. The Morgan fingerprint density at radius 2 is 2.33 bits per heavy atom. The van der Waals surface area contributed by atoms with E-state index in [0.29, 0.717) is 11.5 Å². The van der Waals surface area contributed by atoms with Crippen molar-refractivity contribution in [2.75, 3.05) is 5.88 Å². The second kappa shape index (κ2) is 5.54. The molecular weight excluding hydrogens is 261 g/mol. The summed E-state index contributed by atoms with van der Waals surface area (Å²) in [6, 6.07) is 5.83. The molecule has 0 aliphatic rings. The van der Waals surface area contributed by atoms with Crippen LogP contribution in [0.2, 0.25) is 0 Å². The molecule has 0 bridgehead atoms. The van der Waals surface area contributed by atoms with E-state index in [0.717, 1.165) is 0 Å². The molecule has 0 spiro atoms. The summed E-state index contributed by atoms with van der Waals surface area (Å²) in [4.78, 5) is 11.0. The molecule has 18 heavy (non-hydrogen) atoms. The first-order valence-corrected chi connectivity index (χ1v) is 5.60. The van der Waals surface area contributed by atoms with E-state index in [1.807, 2.05) is 0 Å². The topological polar surface area (TPSA) is 72.7 Å². The molecule has 0 radical (unpaired) electrons. The number of halogens is 2. The Bertz CT molecular complexity index is 559. The van der Waals surface area contributed by atoms with E-state index in [2.05, 4.69) is 20.8 Å². The second-order valence-corrected chi connectivity index (χ2v) is 3.66. The van der Waals surface area contributed by atoms with Crippen LogP contribution >= 0.6 is 11.6 Å². The number of carbonyl (C=O) groups is 1. The highest BCUT2D eigenvalue weighted by Gasteiger charge is 2.09. The normalized spacial score (nSPS) is 10.3. The highest BCUT2D eigenvalue weighted by atomic mass is 35.5. The zero-order chi connectivity index (χ0) is 13.0. The van der Waals surface area contributed by atoms with Gasteiger partial charge in [0.05, 0.1) is 12.2 Å². The number of tetrazole rings is 1. The lowest BCUT2D eigenvalue weighted by atomic mass is 10.3. The van der Waals surface area contributed by atoms with Crippen LogP contribution in [0.25, 0.3) is 5.69 Å². The zero-order valence-electron chi connectivity index (χ0n) is 9.18. The lowest BCUT2D eigenvalue weighted by molar-refractivity contribution is -0.118. The molecule has 8 heteroatoms. The molecule has 1 N–H and O–H groups in total. The molecule has 1 aromatic heterocycles. The molecule has 0 saturated carbocycles. The van der Waals surface area contributed by atoms with Crippen LogP contribution in [-0.4, -0.2) is 32.0 Å². The van der Waals surface area contributed by atoms with E-state index in [9.17, 15) is 9.18 Å². The van der Waals surface area contributed by atoms with E-state index >= 15 is 0 Å². The first kappa shape index (κ1) is 12.4. The summed E-state index contributed by atoms with van der Waals surface area (Å²) in [6.07, 6.45) is 0. The number of carbonyl (C=O) groups excluding carboxylic acids is 1. The van der Waals surface area contributed by atoms with Gasteiger partial charge in [-0.25, -0.2) is 4.39 Å². The molecule has 2 aromatic rings. The fourth-order valence-electron chi connectivity index (χ4n) is 1.35. The van der Waals surface area contributed by atoms with Crippen molar-refractivity contribution in [1.29, 1.82) is 0 Å². The van der Waals surface area contributed by atoms with Gasteiger partial charge in [-0.15, -0.1) is 16.7 Å². The van der Waals surface area contributed by atoms with Crippen LogP contribution in [0.4, 0.5) is 4.39 Å². The molecule has 0 saturated heterocycles. The average Bonchev–Trinajstić information content (AvgIpc) is 2.84. The summed E-state index contributed by atoms with van der Waals surface area (Å²) in [5, 5.41) is 13.5. The molecule has 1 heterocycles. The van der Waals surface area contributed by atoms with Crippen LogP contribution in [0.3, 0.4) is 0 Å². The molecule has 0 atom stereocenters. The molecule has 0 fully saturated rings. The lowest BCUT2D eigenvalue weighted by Gasteiger charge is -2.05. The highest BCUT2D eigenvalue weighted by Crippen LogP contribution is 2.09. The highest BCUT2D eigenvalue weighted by molar-refractivity contribution is 6.27. The first-order chi connectivity index (χ1) is 8.70. The van der Waals surface area contributed by atoms with Crippen LogP contribution in [0.5, 0.6) is 0 Å². The minimum absolute atomic E-state index is 0.120. The number of amides is 1. The number of benzene rings is 1. The summed E-state index contributed by atoms with van der Waals surface area (Å²) < 4.78 is 14.4. The van der Waals surface area contributed by atoms with Crippen LogP contribution in [0, 0.1) is 5.82 Å². The van der Waals surface area contributed by atoms with E-state index in [1.165, 1.54) is 16.8 Å². The number of alkyl halides is 1. The van der Waals surface area contributed by atoms with Crippen molar-refractivity contribution in [3.63, 3.8) is 0 Å². The van der Waals surface area contributed by atoms with Crippen molar-refractivity contribution in [3.05, 3.63) is 35.9 Å². The van der Waals surface area contributed by atoms with Gasteiger partial charge in [0.2, 0.25) is 5.91 Å². The van der Waals surface area contributed by atoms with Crippen molar-refractivity contribution < 1.29 is 9.18 Å². The maximum atomic E-state index is 13.1. The Kier molecular flexibility index (Phi) is 3.83. The van der Waals surface area contributed by atoms with E-state index in [-0.39, 0.29) is 18.3 Å². The van der Waals surface area contributed by atoms with Crippen LogP contribution in [0.1, 0.15) is 5.82 Å². The monoisotopic (exact) mass is 269 g/mol. The molecule has 0 aliphatic heterocycles. The molecule has 0 unspecified atom stereocenters. The number of nitrogens with zero attached hydrogens (tertiary/aromatic N) is 4. The van der Waals surface area contributed by atoms with Crippen molar-refractivity contribution in [2.24, 2.45) is 0 Å². The predicted molar refractivity (Wildman–Crippen MR) is 61.7 cm³/mol. The molecular formula is C10H9ClFN5O. The Hall–Kier alpha value is -2.02. The van der Waals surface area contributed by atoms with Crippen LogP contribution in [0.15, 0.2) is 24.3 Å². The second-order valence-electron chi connectivity index (χ2n) is 3.40. The van der Waals surface area contributed by atoms with Gasteiger partial charge in [0.15, 0.2) is 5.82 Å². The van der Waals surface area contributed by atoms with Gasteiger partial charge in [0, 0.05) is 0 Å². The Morgan fingerprint density at radius 3 is 3.06 bits per heavy atom. The molecule has 1 aromatic carbocycles. The molecule has 6 nitrogen and oxygen atoms in total. The van der Waals surface area contributed by atoms with Gasteiger partial charge in [-0.3, -0.25) is 4.79 Å². The Balaban J connectivity index is 2.20. The average molecular weight is 270 g/mol. The fourth-order valence-corrected chi connectivity index (χ4v) is 1.44. The third-order valence-corrected chi connectivity index (χ3v) is 2.39. The quantitative estimate of drug-likeness (QED) is 0.828. The largest absolute Gasteiger partial charge is 0.348 e. The van der Waals surface area contributed by atoms with Crippen molar-refractivity contribution in [3.8, 4) is 5.69 Å². The third kappa shape index (κ3) is 2.80. The molecule has 1 amide bonds. The number of nitrogens with one attached hydrogen (secondary N) is 1. The van der Waals surface area contributed by atoms with Gasteiger partial charge < -0.3 is 5.32 Å². The maximum absolute atomic E-state index is 13.1. The zero-order valence-corrected chi connectivity index (χ0v) is 9.93. The van der Waals surface area contributed by atoms with E-state index < -0.39 is 5.82 Å². The van der Waals surface area contributed by atoms with Crippen LogP contribution < -0.4 is 5.32 Å². The predicted octanol–water partition coefficient (Wildman–Crippen LogP) is 0.656. The number of aromatic nitrogens is 4. The van der Waals surface area contributed by atoms with Gasteiger partial charge in [-0.1, -0.05) is 6.07 Å². The number of rotatable bonds is 4. The van der Waals surface area contributed by atoms with Gasteiger partial charge in [-0.2, -0.15) is 4.68 Å².